The van der Waals surface area contributed by atoms with Crippen molar-refractivity contribution in [2.45, 2.75) is 17.3 Å². The van der Waals surface area contributed by atoms with Crippen LogP contribution in [0.1, 0.15) is 6.92 Å². The van der Waals surface area contributed by atoms with Crippen molar-refractivity contribution >= 4 is 21.6 Å². The highest BCUT2D eigenvalue weighted by Gasteiger charge is 1.97. The Morgan fingerprint density at radius 3 is 3.00 bits per heavy atom. The molecule has 0 aliphatic rings. The summed E-state index contributed by atoms with van der Waals surface area (Å²) >= 11 is 0. The molecular weight excluding hydrogens is 178 g/mol. The average Bonchev–Trinajstić information content (AvgIpc) is 2.03. The third-order valence-corrected chi connectivity index (χ3v) is 3.43. The molecular formula is C7H9NOS2. The molecule has 11 heavy (non-hydrogen) atoms. The summed E-state index contributed by atoms with van der Waals surface area (Å²) in [6.45, 7) is 1.74. The summed E-state index contributed by atoms with van der Waals surface area (Å²) in [5, 5.41) is 8.94. The highest BCUT2D eigenvalue weighted by atomic mass is 33.1. The lowest BCUT2D eigenvalue weighted by Gasteiger charge is -2.01. The maximum atomic E-state index is 8.94. The van der Waals surface area contributed by atoms with Crippen molar-refractivity contribution < 1.29 is 5.11 Å². The van der Waals surface area contributed by atoms with Gasteiger partial charge in [-0.05, 0) is 19.1 Å². The first-order valence-electron chi connectivity index (χ1n) is 3.20. The second-order valence-electron chi connectivity index (χ2n) is 1.97. The van der Waals surface area contributed by atoms with E-state index in [0.29, 0.717) is 0 Å². The van der Waals surface area contributed by atoms with Crippen molar-refractivity contribution in [1.82, 2.24) is 4.98 Å². The molecule has 1 heterocycles. The van der Waals surface area contributed by atoms with Crippen molar-refractivity contribution in [1.29, 1.82) is 0 Å². The van der Waals surface area contributed by atoms with Crippen LogP contribution in [0.15, 0.2) is 29.4 Å². The third-order valence-electron chi connectivity index (χ3n) is 0.918. The lowest BCUT2D eigenvalue weighted by Crippen LogP contribution is -1.86. The van der Waals surface area contributed by atoms with Crippen LogP contribution in [0, 0.1) is 0 Å². The predicted molar refractivity (Wildman–Crippen MR) is 49.4 cm³/mol. The summed E-state index contributed by atoms with van der Waals surface area (Å²) in [6.07, 6.45) is 3.51. The molecule has 1 atom stereocenters. The Morgan fingerprint density at radius 1 is 1.64 bits per heavy atom. The summed E-state index contributed by atoms with van der Waals surface area (Å²) in [4.78, 5) is 5.01. The molecule has 0 bridgehead atoms. The van der Waals surface area contributed by atoms with Gasteiger partial charge in [0.15, 0.2) is 0 Å². The summed E-state index contributed by atoms with van der Waals surface area (Å²) in [5.74, 6) is 0. The van der Waals surface area contributed by atoms with Gasteiger partial charge in [-0.1, -0.05) is 21.6 Å². The van der Waals surface area contributed by atoms with Gasteiger partial charge < -0.3 is 5.11 Å². The van der Waals surface area contributed by atoms with Gasteiger partial charge in [0.1, 0.15) is 5.44 Å². The third kappa shape index (κ3) is 3.65. The molecule has 0 aromatic carbocycles. The zero-order valence-electron chi connectivity index (χ0n) is 6.10. The highest BCUT2D eigenvalue weighted by Crippen LogP contribution is 2.32. The number of rotatable bonds is 3. The molecule has 0 aliphatic carbocycles. The topological polar surface area (TPSA) is 33.1 Å². The minimum absolute atomic E-state index is 0.333. The van der Waals surface area contributed by atoms with Gasteiger partial charge in [-0.2, -0.15) is 0 Å². The van der Waals surface area contributed by atoms with Crippen LogP contribution in [0.25, 0.3) is 0 Å². The number of aromatic nitrogens is 1. The smallest absolute Gasteiger partial charge is 0.107 e. The van der Waals surface area contributed by atoms with Crippen LogP contribution < -0.4 is 0 Å². The van der Waals surface area contributed by atoms with Crippen LogP contribution in [-0.2, 0) is 0 Å². The fourth-order valence-corrected chi connectivity index (χ4v) is 2.06. The molecule has 0 spiro atoms. The first-order chi connectivity index (χ1) is 5.29. The van der Waals surface area contributed by atoms with E-state index in [1.165, 1.54) is 21.6 Å². The van der Waals surface area contributed by atoms with Crippen LogP contribution in [0.2, 0.25) is 0 Å². The first-order valence-corrected chi connectivity index (χ1v) is 5.42. The van der Waals surface area contributed by atoms with E-state index in [4.69, 9.17) is 5.11 Å². The summed E-state index contributed by atoms with van der Waals surface area (Å²) in [7, 11) is 2.95. The molecule has 1 unspecified atom stereocenters. The molecule has 4 heteroatoms. The first kappa shape index (κ1) is 8.90. The number of pyridine rings is 1. The van der Waals surface area contributed by atoms with Gasteiger partial charge in [-0.15, -0.1) is 0 Å². The van der Waals surface area contributed by atoms with E-state index in [1.54, 1.807) is 19.3 Å². The monoisotopic (exact) mass is 187 g/mol. The molecule has 60 valence electrons. The Kier molecular flexibility index (Phi) is 3.76. The van der Waals surface area contributed by atoms with Gasteiger partial charge in [-0.3, -0.25) is 4.98 Å². The van der Waals surface area contributed by atoms with Gasteiger partial charge in [0.05, 0.1) is 0 Å². The van der Waals surface area contributed by atoms with Crippen LogP contribution in [0.5, 0.6) is 0 Å². The molecule has 0 fully saturated rings. The Morgan fingerprint density at radius 2 is 2.45 bits per heavy atom. The van der Waals surface area contributed by atoms with Gasteiger partial charge in [0, 0.05) is 17.3 Å². The molecule has 0 radical (unpaired) electrons. The second-order valence-corrected chi connectivity index (χ2v) is 4.56. The van der Waals surface area contributed by atoms with Crippen molar-refractivity contribution in [2.75, 3.05) is 0 Å². The lowest BCUT2D eigenvalue weighted by molar-refractivity contribution is 0.285. The SMILES string of the molecule is CC(O)SSc1cccnc1. The molecule has 1 aromatic rings. The van der Waals surface area contributed by atoms with Gasteiger partial charge in [0.2, 0.25) is 0 Å². The highest BCUT2D eigenvalue weighted by molar-refractivity contribution is 8.76. The lowest BCUT2D eigenvalue weighted by atomic mass is 10.5. The molecule has 0 amide bonds. The maximum absolute atomic E-state index is 8.94. The normalized spacial score (nSPS) is 12.9. The number of nitrogens with zero attached hydrogens (tertiary/aromatic N) is 1. The van der Waals surface area contributed by atoms with E-state index in [1.807, 2.05) is 12.1 Å². The van der Waals surface area contributed by atoms with Gasteiger partial charge in [0.25, 0.3) is 0 Å². The van der Waals surface area contributed by atoms with E-state index in [2.05, 4.69) is 4.98 Å². The molecule has 0 saturated heterocycles. The molecule has 0 saturated carbocycles. The Bertz CT molecular complexity index is 203. The number of hydrogen-bond donors (Lipinski definition) is 1. The van der Waals surface area contributed by atoms with Gasteiger partial charge in [-0.25, -0.2) is 0 Å². The zero-order chi connectivity index (χ0) is 8.10. The maximum Gasteiger partial charge on any atom is 0.107 e. The summed E-state index contributed by atoms with van der Waals surface area (Å²) < 4.78 is 0. The van der Waals surface area contributed by atoms with Crippen LogP contribution >= 0.6 is 21.6 Å². The second kappa shape index (κ2) is 4.64. The molecule has 1 aromatic heterocycles. The fourth-order valence-electron chi connectivity index (χ4n) is 0.522. The van der Waals surface area contributed by atoms with E-state index in [-0.39, 0.29) is 5.44 Å². The Hall–Kier alpha value is -0.190. The fraction of sp³-hybridized carbons (Fsp3) is 0.286. The number of aliphatic hydroxyl groups excluding tert-OH is 1. The Labute approximate surface area is 73.8 Å². The number of hydrogen-bond acceptors (Lipinski definition) is 4. The van der Waals surface area contributed by atoms with E-state index in [0.717, 1.165) is 4.90 Å². The van der Waals surface area contributed by atoms with E-state index < -0.39 is 0 Å². The minimum atomic E-state index is -0.333. The minimum Gasteiger partial charge on any atom is -0.382 e. The summed E-state index contributed by atoms with van der Waals surface area (Å²) in [6, 6.07) is 3.85. The van der Waals surface area contributed by atoms with E-state index in [9.17, 15) is 0 Å². The van der Waals surface area contributed by atoms with E-state index >= 15 is 0 Å². The number of aliphatic hydroxyl groups is 1. The molecule has 2 nitrogen and oxygen atoms in total. The largest absolute Gasteiger partial charge is 0.382 e. The zero-order valence-corrected chi connectivity index (χ0v) is 7.73. The quantitative estimate of drug-likeness (QED) is 0.580. The molecule has 1 rings (SSSR count). The average molecular weight is 187 g/mol. The van der Waals surface area contributed by atoms with Crippen molar-refractivity contribution in [3.05, 3.63) is 24.5 Å². The van der Waals surface area contributed by atoms with Crippen LogP contribution in [-0.4, -0.2) is 15.5 Å². The van der Waals surface area contributed by atoms with Crippen molar-refractivity contribution in [3.8, 4) is 0 Å². The van der Waals surface area contributed by atoms with Crippen LogP contribution in [0.3, 0.4) is 0 Å². The Balaban J connectivity index is 2.39. The van der Waals surface area contributed by atoms with Crippen molar-refractivity contribution in [2.24, 2.45) is 0 Å². The summed E-state index contributed by atoms with van der Waals surface area (Å²) in [5.41, 5.74) is -0.333. The van der Waals surface area contributed by atoms with Crippen LogP contribution in [0.4, 0.5) is 0 Å². The predicted octanol–water partition coefficient (Wildman–Crippen LogP) is 2.16. The van der Waals surface area contributed by atoms with Gasteiger partial charge >= 0.3 is 0 Å². The molecule has 0 aliphatic heterocycles. The standard InChI is InChI=1S/C7H9NOS2/c1-6(9)10-11-7-3-2-4-8-5-7/h2-6,9H,1H3. The van der Waals surface area contributed by atoms with Crippen molar-refractivity contribution in [3.63, 3.8) is 0 Å². The molecule has 1 N–H and O–H groups in total.